The number of hydrogen-bond acceptors (Lipinski definition) is 2. The molecule has 5 heteroatoms. The molecule has 0 bridgehead atoms. The molecule has 0 saturated heterocycles. The van der Waals surface area contributed by atoms with E-state index in [-0.39, 0.29) is 18.3 Å². The van der Waals surface area contributed by atoms with Crippen LogP contribution in [0.3, 0.4) is 0 Å². The minimum absolute atomic E-state index is 0.267. The summed E-state index contributed by atoms with van der Waals surface area (Å²) in [5.41, 5.74) is 2.87. The minimum atomic E-state index is -0.315. The van der Waals surface area contributed by atoms with E-state index in [0.717, 1.165) is 11.2 Å². The van der Waals surface area contributed by atoms with Crippen LogP contribution < -0.4 is 5.32 Å². The lowest BCUT2D eigenvalue weighted by Crippen LogP contribution is -2.23. The predicted molar refractivity (Wildman–Crippen MR) is 77.5 cm³/mol. The van der Waals surface area contributed by atoms with E-state index < -0.39 is 0 Å². The van der Waals surface area contributed by atoms with Crippen LogP contribution in [-0.2, 0) is 6.54 Å². The summed E-state index contributed by atoms with van der Waals surface area (Å²) in [5.74, 6) is -0.592. The van der Waals surface area contributed by atoms with E-state index in [2.05, 4.69) is 10.3 Å². The standard InChI is InChI=1S/C16H14FN3O/c1-11-5-6-20-10-14(19-15(20)7-11)16(21)18-9-12-3-2-4-13(17)8-12/h2-8,10H,9H2,1H3,(H,18,21). The fraction of sp³-hybridized carbons (Fsp3) is 0.125. The van der Waals surface area contributed by atoms with Crippen LogP contribution in [0.5, 0.6) is 0 Å². The van der Waals surface area contributed by atoms with Crippen molar-refractivity contribution in [2.45, 2.75) is 13.5 Å². The van der Waals surface area contributed by atoms with Gasteiger partial charge in [0.15, 0.2) is 0 Å². The SMILES string of the molecule is Cc1ccn2cc(C(=O)NCc3cccc(F)c3)nc2c1. The number of amides is 1. The average molecular weight is 283 g/mol. The van der Waals surface area contributed by atoms with Gasteiger partial charge in [0.2, 0.25) is 0 Å². The third kappa shape index (κ3) is 2.91. The lowest BCUT2D eigenvalue weighted by atomic mass is 10.2. The second kappa shape index (κ2) is 5.36. The van der Waals surface area contributed by atoms with Crippen molar-refractivity contribution in [1.29, 1.82) is 0 Å². The van der Waals surface area contributed by atoms with Crippen molar-refractivity contribution in [2.24, 2.45) is 0 Å². The molecule has 0 spiro atoms. The van der Waals surface area contributed by atoms with Gasteiger partial charge in [-0.15, -0.1) is 0 Å². The molecule has 0 unspecified atom stereocenters. The molecule has 0 aliphatic heterocycles. The monoisotopic (exact) mass is 283 g/mol. The molecule has 1 amide bonds. The molecule has 3 rings (SSSR count). The summed E-state index contributed by atoms with van der Waals surface area (Å²) in [6, 6.07) is 10.00. The number of nitrogens with one attached hydrogen (secondary N) is 1. The van der Waals surface area contributed by atoms with E-state index in [1.807, 2.05) is 25.3 Å². The molecule has 2 aromatic heterocycles. The number of rotatable bonds is 3. The number of carbonyl (C=O) groups is 1. The first kappa shape index (κ1) is 13.3. The zero-order valence-electron chi connectivity index (χ0n) is 11.5. The first-order chi connectivity index (χ1) is 10.1. The maximum Gasteiger partial charge on any atom is 0.271 e. The summed E-state index contributed by atoms with van der Waals surface area (Å²) in [5, 5.41) is 2.74. The Morgan fingerprint density at radius 1 is 1.33 bits per heavy atom. The van der Waals surface area contributed by atoms with Gasteiger partial charge in [0, 0.05) is 18.9 Å². The summed E-state index contributed by atoms with van der Waals surface area (Å²) in [6.45, 7) is 2.24. The van der Waals surface area contributed by atoms with E-state index in [1.54, 1.807) is 22.7 Å². The van der Waals surface area contributed by atoms with Crippen LogP contribution in [0.1, 0.15) is 21.6 Å². The molecule has 0 atom stereocenters. The highest BCUT2D eigenvalue weighted by Crippen LogP contribution is 2.08. The van der Waals surface area contributed by atoms with Crippen LogP contribution in [0.2, 0.25) is 0 Å². The van der Waals surface area contributed by atoms with Crippen molar-refractivity contribution in [2.75, 3.05) is 0 Å². The zero-order valence-corrected chi connectivity index (χ0v) is 11.5. The van der Waals surface area contributed by atoms with Crippen LogP contribution >= 0.6 is 0 Å². The van der Waals surface area contributed by atoms with Gasteiger partial charge in [-0.1, -0.05) is 12.1 Å². The van der Waals surface area contributed by atoms with Crippen LogP contribution in [0.4, 0.5) is 4.39 Å². The molecule has 0 saturated carbocycles. The van der Waals surface area contributed by atoms with Gasteiger partial charge >= 0.3 is 0 Å². The second-order valence-electron chi connectivity index (χ2n) is 4.91. The number of aryl methyl sites for hydroxylation is 1. The van der Waals surface area contributed by atoms with Crippen molar-refractivity contribution in [3.63, 3.8) is 0 Å². The fourth-order valence-electron chi connectivity index (χ4n) is 2.11. The normalized spacial score (nSPS) is 10.8. The van der Waals surface area contributed by atoms with E-state index in [0.29, 0.717) is 11.3 Å². The summed E-state index contributed by atoms with van der Waals surface area (Å²) in [6.07, 6.45) is 3.54. The maximum atomic E-state index is 13.1. The molecule has 2 heterocycles. The molecular formula is C16H14FN3O. The van der Waals surface area contributed by atoms with Gasteiger partial charge in [0.05, 0.1) is 0 Å². The Kier molecular flexibility index (Phi) is 3.39. The highest BCUT2D eigenvalue weighted by atomic mass is 19.1. The number of benzene rings is 1. The van der Waals surface area contributed by atoms with Gasteiger partial charge in [-0.05, 0) is 42.3 Å². The van der Waals surface area contributed by atoms with Gasteiger partial charge in [-0.3, -0.25) is 4.79 Å². The summed E-state index contributed by atoms with van der Waals surface area (Å²) in [7, 11) is 0. The van der Waals surface area contributed by atoms with Crippen molar-refractivity contribution in [3.8, 4) is 0 Å². The molecule has 0 fully saturated rings. The Bertz CT molecular complexity index is 810. The minimum Gasteiger partial charge on any atom is -0.347 e. The third-order valence-corrected chi connectivity index (χ3v) is 3.19. The van der Waals surface area contributed by atoms with Crippen molar-refractivity contribution < 1.29 is 9.18 Å². The Hall–Kier alpha value is -2.69. The molecule has 21 heavy (non-hydrogen) atoms. The van der Waals surface area contributed by atoms with E-state index in [1.165, 1.54) is 12.1 Å². The molecule has 106 valence electrons. The topological polar surface area (TPSA) is 46.4 Å². The smallest absolute Gasteiger partial charge is 0.271 e. The van der Waals surface area contributed by atoms with Gasteiger partial charge in [0.1, 0.15) is 17.2 Å². The number of nitrogens with zero attached hydrogens (tertiary/aromatic N) is 2. The second-order valence-corrected chi connectivity index (χ2v) is 4.91. The Balaban J connectivity index is 1.74. The molecule has 3 aromatic rings. The Morgan fingerprint density at radius 2 is 2.19 bits per heavy atom. The van der Waals surface area contributed by atoms with Crippen LogP contribution in [-0.4, -0.2) is 15.3 Å². The Labute approximate surface area is 121 Å². The fourth-order valence-corrected chi connectivity index (χ4v) is 2.11. The van der Waals surface area contributed by atoms with E-state index >= 15 is 0 Å². The van der Waals surface area contributed by atoms with Crippen LogP contribution in [0.25, 0.3) is 5.65 Å². The van der Waals surface area contributed by atoms with E-state index in [9.17, 15) is 9.18 Å². The number of halogens is 1. The van der Waals surface area contributed by atoms with Crippen molar-refractivity contribution in [3.05, 3.63) is 71.4 Å². The predicted octanol–water partition coefficient (Wildman–Crippen LogP) is 2.71. The third-order valence-electron chi connectivity index (χ3n) is 3.19. The highest BCUT2D eigenvalue weighted by molar-refractivity contribution is 5.92. The number of aromatic nitrogens is 2. The lowest BCUT2D eigenvalue weighted by molar-refractivity contribution is 0.0946. The number of carbonyl (C=O) groups excluding carboxylic acids is 1. The number of hydrogen-bond donors (Lipinski definition) is 1. The summed E-state index contributed by atoms with van der Waals surface area (Å²) in [4.78, 5) is 16.4. The molecule has 0 aliphatic rings. The summed E-state index contributed by atoms with van der Waals surface area (Å²) >= 11 is 0. The number of imidazole rings is 1. The lowest BCUT2D eigenvalue weighted by Gasteiger charge is -2.03. The molecule has 0 radical (unpaired) electrons. The van der Waals surface area contributed by atoms with E-state index in [4.69, 9.17) is 0 Å². The van der Waals surface area contributed by atoms with Gasteiger partial charge in [-0.2, -0.15) is 0 Å². The summed E-state index contributed by atoms with van der Waals surface area (Å²) < 4.78 is 14.9. The molecular weight excluding hydrogens is 269 g/mol. The van der Waals surface area contributed by atoms with Gasteiger partial charge < -0.3 is 9.72 Å². The first-order valence-corrected chi connectivity index (χ1v) is 6.60. The maximum absolute atomic E-state index is 13.1. The average Bonchev–Trinajstić information content (AvgIpc) is 2.88. The molecule has 0 aliphatic carbocycles. The first-order valence-electron chi connectivity index (χ1n) is 6.60. The largest absolute Gasteiger partial charge is 0.347 e. The number of pyridine rings is 1. The molecule has 1 aromatic carbocycles. The number of fused-ring (bicyclic) bond motifs is 1. The molecule has 4 nitrogen and oxygen atoms in total. The van der Waals surface area contributed by atoms with Gasteiger partial charge in [-0.25, -0.2) is 9.37 Å². The van der Waals surface area contributed by atoms with Crippen molar-refractivity contribution >= 4 is 11.6 Å². The van der Waals surface area contributed by atoms with Gasteiger partial charge in [0.25, 0.3) is 5.91 Å². The quantitative estimate of drug-likeness (QED) is 0.803. The molecule has 1 N–H and O–H groups in total. The van der Waals surface area contributed by atoms with Crippen LogP contribution in [0.15, 0.2) is 48.8 Å². The van der Waals surface area contributed by atoms with Crippen molar-refractivity contribution in [1.82, 2.24) is 14.7 Å². The highest BCUT2D eigenvalue weighted by Gasteiger charge is 2.10. The zero-order chi connectivity index (χ0) is 14.8. The Morgan fingerprint density at radius 3 is 3.00 bits per heavy atom. The van der Waals surface area contributed by atoms with Crippen LogP contribution in [0, 0.1) is 12.7 Å².